The van der Waals surface area contributed by atoms with E-state index in [4.69, 9.17) is 21.1 Å². The van der Waals surface area contributed by atoms with Gasteiger partial charge in [-0.15, -0.1) is 0 Å². The predicted molar refractivity (Wildman–Crippen MR) is 131 cm³/mol. The summed E-state index contributed by atoms with van der Waals surface area (Å²) in [5.74, 6) is 1.57. The fourth-order valence-corrected chi connectivity index (χ4v) is 4.57. The maximum absolute atomic E-state index is 12.6. The summed E-state index contributed by atoms with van der Waals surface area (Å²) in [6, 6.07) is 10.5. The Labute approximate surface area is 204 Å². The Balaban J connectivity index is 1.21. The van der Waals surface area contributed by atoms with Crippen molar-refractivity contribution in [2.45, 2.75) is 32.1 Å². The van der Waals surface area contributed by atoms with Crippen molar-refractivity contribution in [1.82, 2.24) is 14.8 Å². The number of aliphatic hydroxyl groups excluding tert-OH is 1. The summed E-state index contributed by atoms with van der Waals surface area (Å²) in [6.45, 7) is 3.71. The van der Waals surface area contributed by atoms with Gasteiger partial charge in [0, 0.05) is 23.7 Å². The lowest BCUT2D eigenvalue weighted by atomic mass is 9.94. The molecule has 9 heteroatoms. The monoisotopic (exact) mass is 486 g/mol. The molecule has 182 valence electrons. The van der Waals surface area contributed by atoms with E-state index in [-0.39, 0.29) is 19.1 Å². The second kappa shape index (κ2) is 11.6. The van der Waals surface area contributed by atoms with Crippen molar-refractivity contribution < 1.29 is 19.1 Å². The second-order valence-corrected chi connectivity index (χ2v) is 9.28. The molecule has 0 saturated carbocycles. The van der Waals surface area contributed by atoms with E-state index in [9.17, 15) is 9.59 Å². The quantitative estimate of drug-likeness (QED) is 0.310. The van der Waals surface area contributed by atoms with Crippen LogP contribution in [-0.4, -0.2) is 77.4 Å². The number of hydrogen-bond acceptors (Lipinski definition) is 6. The molecule has 1 N–H and O–H groups in total. The van der Waals surface area contributed by atoms with Gasteiger partial charge in [-0.1, -0.05) is 11.6 Å². The standard InChI is InChI=1S/C25H31ClN4O4/c26-21-5-3-20(4-6-21)23-8-7-22(34-23)17-27-30-18-24(32)29(25(30)33)13-2-1-12-28-14-9-19(10-15-28)11-16-31/h3-8,17,19,31H,1-2,9-16,18H2/b27-17+. The van der Waals surface area contributed by atoms with Crippen molar-refractivity contribution in [3.8, 4) is 11.3 Å². The zero-order chi connectivity index (χ0) is 23.9. The first-order valence-corrected chi connectivity index (χ1v) is 12.3. The van der Waals surface area contributed by atoms with Gasteiger partial charge in [-0.25, -0.2) is 9.80 Å². The van der Waals surface area contributed by atoms with Gasteiger partial charge in [-0.05, 0) is 94.1 Å². The highest BCUT2D eigenvalue weighted by molar-refractivity contribution is 6.30. The molecular formula is C25H31ClN4O4. The second-order valence-electron chi connectivity index (χ2n) is 8.84. The van der Waals surface area contributed by atoms with E-state index in [2.05, 4.69) is 10.0 Å². The maximum Gasteiger partial charge on any atom is 0.347 e. The summed E-state index contributed by atoms with van der Waals surface area (Å²) in [4.78, 5) is 28.7. The number of furan rings is 1. The molecule has 0 radical (unpaired) electrons. The molecule has 2 aromatic rings. The highest BCUT2D eigenvalue weighted by Crippen LogP contribution is 2.24. The number of hydrazone groups is 1. The zero-order valence-electron chi connectivity index (χ0n) is 19.2. The third-order valence-electron chi connectivity index (χ3n) is 6.47. The van der Waals surface area contributed by atoms with Crippen molar-refractivity contribution in [3.63, 3.8) is 0 Å². The van der Waals surface area contributed by atoms with Crippen molar-refractivity contribution in [2.75, 3.05) is 39.3 Å². The van der Waals surface area contributed by atoms with Crippen molar-refractivity contribution >= 4 is 29.8 Å². The SMILES string of the molecule is O=C1CN(/N=C/c2ccc(-c3ccc(Cl)cc3)o2)C(=O)N1CCCCN1CCC(CCO)CC1. The van der Waals surface area contributed by atoms with E-state index >= 15 is 0 Å². The summed E-state index contributed by atoms with van der Waals surface area (Å²) in [7, 11) is 0. The smallest absolute Gasteiger partial charge is 0.347 e. The van der Waals surface area contributed by atoms with Gasteiger partial charge in [0.05, 0.1) is 6.21 Å². The number of rotatable bonds is 10. The first-order chi connectivity index (χ1) is 16.5. The lowest BCUT2D eigenvalue weighted by Gasteiger charge is -2.31. The molecule has 2 aliphatic rings. The van der Waals surface area contributed by atoms with Gasteiger partial charge in [-0.2, -0.15) is 5.10 Å². The number of imide groups is 1. The highest BCUT2D eigenvalue weighted by atomic mass is 35.5. The normalized spacial score (nSPS) is 18.1. The van der Waals surface area contributed by atoms with Gasteiger partial charge < -0.3 is 14.4 Å². The summed E-state index contributed by atoms with van der Waals surface area (Å²) in [5.41, 5.74) is 0.886. The molecule has 3 amide bonds. The number of benzene rings is 1. The van der Waals surface area contributed by atoms with Crippen LogP contribution in [-0.2, 0) is 4.79 Å². The molecule has 8 nitrogen and oxygen atoms in total. The Bertz CT molecular complexity index is 999. The number of piperidine rings is 1. The van der Waals surface area contributed by atoms with Gasteiger partial charge >= 0.3 is 6.03 Å². The van der Waals surface area contributed by atoms with Crippen LogP contribution in [0.5, 0.6) is 0 Å². The van der Waals surface area contributed by atoms with E-state index in [1.54, 1.807) is 18.2 Å². The number of carbonyl (C=O) groups excluding carboxylic acids is 2. The fourth-order valence-electron chi connectivity index (χ4n) is 4.44. The third kappa shape index (κ3) is 6.25. The van der Waals surface area contributed by atoms with Gasteiger partial charge in [0.1, 0.15) is 18.1 Å². The van der Waals surface area contributed by atoms with E-state index in [1.165, 1.54) is 16.1 Å². The minimum absolute atomic E-state index is 0.0571. The van der Waals surface area contributed by atoms with E-state index < -0.39 is 6.03 Å². The van der Waals surface area contributed by atoms with Crippen LogP contribution < -0.4 is 0 Å². The zero-order valence-corrected chi connectivity index (χ0v) is 20.0. The van der Waals surface area contributed by atoms with Crippen LogP contribution >= 0.6 is 11.6 Å². The molecule has 2 aliphatic heterocycles. The number of unbranched alkanes of at least 4 members (excludes halogenated alkanes) is 1. The number of urea groups is 1. The van der Waals surface area contributed by atoms with Crippen molar-refractivity contribution in [3.05, 3.63) is 47.2 Å². The van der Waals surface area contributed by atoms with Crippen LogP contribution in [0, 0.1) is 5.92 Å². The topological polar surface area (TPSA) is 89.6 Å². The Morgan fingerprint density at radius 2 is 1.79 bits per heavy atom. The van der Waals surface area contributed by atoms with E-state index in [0.29, 0.717) is 29.0 Å². The number of nitrogens with zero attached hydrogens (tertiary/aromatic N) is 4. The Morgan fingerprint density at radius 1 is 1.06 bits per heavy atom. The lowest BCUT2D eigenvalue weighted by Crippen LogP contribution is -2.35. The minimum Gasteiger partial charge on any atom is -0.455 e. The molecule has 1 aromatic heterocycles. The molecule has 0 bridgehead atoms. The highest BCUT2D eigenvalue weighted by Gasteiger charge is 2.35. The van der Waals surface area contributed by atoms with E-state index in [1.807, 2.05) is 18.2 Å². The average Bonchev–Trinajstić information content (AvgIpc) is 3.42. The minimum atomic E-state index is -0.393. The molecule has 0 atom stereocenters. The number of halogens is 1. The molecule has 34 heavy (non-hydrogen) atoms. The predicted octanol–water partition coefficient (Wildman–Crippen LogP) is 4.07. The third-order valence-corrected chi connectivity index (χ3v) is 6.72. The number of hydrogen-bond donors (Lipinski definition) is 1. The van der Waals surface area contributed by atoms with Gasteiger partial charge in [0.2, 0.25) is 0 Å². The number of carbonyl (C=O) groups is 2. The lowest BCUT2D eigenvalue weighted by molar-refractivity contribution is -0.125. The molecule has 0 unspecified atom stereocenters. The molecule has 4 rings (SSSR count). The Hall–Kier alpha value is -2.68. The van der Waals surface area contributed by atoms with Crippen LogP contribution in [0.3, 0.4) is 0 Å². The van der Waals surface area contributed by atoms with Crippen LogP contribution in [0.1, 0.15) is 37.9 Å². The van der Waals surface area contributed by atoms with Crippen LogP contribution in [0.4, 0.5) is 4.79 Å². The average molecular weight is 487 g/mol. The Morgan fingerprint density at radius 3 is 2.53 bits per heavy atom. The van der Waals surface area contributed by atoms with Crippen molar-refractivity contribution in [1.29, 1.82) is 0 Å². The molecule has 3 heterocycles. The van der Waals surface area contributed by atoms with Gasteiger partial charge in [0.15, 0.2) is 0 Å². The van der Waals surface area contributed by atoms with Gasteiger partial charge in [-0.3, -0.25) is 9.69 Å². The summed E-state index contributed by atoms with van der Waals surface area (Å²) in [5, 5.41) is 15.1. The van der Waals surface area contributed by atoms with Gasteiger partial charge in [0.25, 0.3) is 5.91 Å². The van der Waals surface area contributed by atoms with E-state index in [0.717, 1.165) is 57.3 Å². The number of likely N-dealkylation sites (tertiary alicyclic amines) is 1. The molecule has 2 fully saturated rings. The first kappa shape index (κ1) is 24.4. The summed E-state index contributed by atoms with van der Waals surface area (Å²) >= 11 is 5.92. The molecule has 0 aliphatic carbocycles. The molecule has 0 spiro atoms. The van der Waals surface area contributed by atoms with Crippen LogP contribution in [0.25, 0.3) is 11.3 Å². The molecule has 1 aromatic carbocycles. The van der Waals surface area contributed by atoms with Crippen LogP contribution in [0.15, 0.2) is 45.9 Å². The summed E-state index contributed by atoms with van der Waals surface area (Å²) < 4.78 is 5.77. The van der Waals surface area contributed by atoms with Crippen LogP contribution in [0.2, 0.25) is 5.02 Å². The fraction of sp³-hybridized carbons (Fsp3) is 0.480. The first-order valence-electron chi connectivity index (χ1n) is 11.9. The number of aliphatic hydroxyl groups is 1. The summed E-state index contributed by atoms with van der Waals surface area (Å²) in [6.07, 6.45) is 6.32. The molecular weight excluding hydrogens is 456 g/mol. The Kier molecular flexibility index (Phi) is 8.37. The molecule has 2 saturated heterocycles. The maximum atomic E-state index is 12.6. The number of amides is 3. The largest absolute Gasteiger partial charge is 0.455 e. The van der Waals surface area contributed by atoms with Crippen molar-refractivity contribution in [2.24, 2.45) is 11.0 Å².